The van der Waals surface area contributed by atoms with Crippen LogP contribution in [0.2, 0.25) is 0 Å². The third-order valence-corrected chi connectivity index (χ3v) is 6.14. The minimum Gasteiger partial charge on any atom is -0.473 e. The number of carboxylic acid groups (broad SMARTS) is 2. The lowest BCUT2D eigenvalue weighted by molar-refractivity contribution is -0.159. The first-order valence-electron chi connectivity index (χ1n) is 11.7. The molecule has 0 radical (unpaired) electrons. The Kier molecular flexibility index (Phi) is 11.9. The average molecular weight is 451 g/mol. The number of hydrogen-bond donors (Lipinski definition) is 3. The fourth-order valence-corrected chi connectivity index (χ4v) is 4.66. The van der Waals surface area contributed by atoms with E-state index in [1.165, 1.54) is 24.9 Å². The summed E-state index contributed by atoms with van der Waals surface area (Å²) in [6, 6.07) is 11.6. The number of benzene rings is 1. The molecule has 0 amide bonds. The highest BCUT2D eigenvalue weighted by molar-refractivity contribution is 6.27. The van der Waals surface area contributed by atoms with Crippen molar-refractivity contribution in [2.24, 2.45) is 0 Å². The monoisotopic (exact) mass is 450 g/mol. The molecule has 1 aromatic rings. The van der Waals surface area contributed by atoms with Crippen LogP contribution < -0.4 is 5.32 Å². The molecule has 7 nitrogen and oxygen atoms in total. The van der Waals surface area contributed by atoms with Gasteiger partial charge < -0.3 is 25.2 Å². The van der Waals surface area contributed by atoms with Crippen LogP contribution in [0, 0.1) is 0 Å². The number of ether oxygens (including phenoxy) is 1. The molecule has 2 unspecified atom stereocenters. The maximum Gasteiger partial charge on any atom is 0.414 e. The Morgan fingerprint density at radius 1 is 1.12 bits per heavy atom. The van der Waals surface area contributed by atoms with Crippen molar-refractivity contribution in [1.82, 2.24) is 10.2 Å². The third-order valence-electron chi connectivity index (χ3n) is 6.14. The van der Waals surface area contributed by atoms with Crippen LogP contribution in [0.1, 0.15) is 65.9 Å². The Bertz CT molecular complexity index is 679. The van der Waals surface area contributed by atoms with Crippen LogP contribution in [-0.4, -0.2) is 71.5 Å². The molecule has 1 fully saturated rings. The molecule has 0 saturated carbocycles. The zero-order valence-electron chi connectivity index (χ0n) is 20.4. The molecule has 0 bridgehead atoms. The van der Waals surface area contributed by atoms with Gasteiger partial charge in [0.15, 0.2) is 0 Å². The Labute approximate surface area is 193 Å². The topological polar surface area (TPSA) is 99.1 Å². The summed E-state index contributed by atoms with van der Waals surface area (Å²) in [5, 5.41) is 18.6. The summed E-state index contributed by atoms with van der Waals surface area (Å²) < 4.78 is 6.05. The number of carbonyl (C=O) groups is 2. The Balaban J connectivity index is 0.000000751. The van der Waals surface area contributed by atoms with Gasteiger partial charge in [-0.3, -0.25) is 0 Å². The van der Waals surface area contributed by atoms with E-state index in [0.717, 1.165) is 39.1 Å². The average Bonchev–Trinajstić information content (AvgIpc) is 2.74. The molecule has 3 N–H and O–H groups in total. The van der Waals surface area contributed by atoms with Gasteiger partial charge in [-0.25, -0.2) is 9.59 Å². The second-order valence-electron chi connectivity index (χ2n) is 9.23. The quantitative estimate of drug-likeness (QED) is 0.369. The lowest BCUT2D eigenvalue weighted by Gasteiger charge is -2.46. The highest BCUT2D eigenvalue weighted by Crippen LogP contribution is 2.44. The van der Waals surface area contributed by atoms with Gasteiger partial charge in [-0.2, -0.15) is 0 Å². The molecule has 1 aliphatic rings. The van der Waals surface area contributed by atoms with Crippen LogP contribution in [0.25, 0.3) is 0 Å². The minimum absolute atomic E-state index is 0.0451. The van der Waals surface area contributed by atoms with Crippen LogP contribution in [0.5, 0.6) is 0 Å². The zero-order valence-corrected chi connectivity index (χ0v) is 20.4. The maximum absolute atomic E-state index is 9.10. The fraction of sp³-hybridized carbons (Fsp3) is 0.680. The summed E-state index contributed by atoms with van der Waals surface area (Å²) in [6.45, 7) is 16.8. The summed E-state index contributed by atoms with van der Waals surface area (Å²) >= 11 is 0. The molecule has 1 saturated heterocycles. The highest BCUT2D eigenvalue weighted by atomic mass is 16.5. The molecule has 2 atom stereocenters. The van der Waals surface area contributed by atoms with Crippen molar-refractivity contribution in [3.8, 4) is 0 Å². The van der Waals surface area contributed by atoms with E-state index < -0.39 is 11.9 Å². The van der Waals surface area contributed by atoms with Crippen molar-refractivity contribution < 1.29 is 24.5 Å². The SMILES string of the molecule is CCN(CC)CCCNC(C)CC1(c2ccccc2)CCOC(C)(C)C1.O=C(O)C(=O)O. The van der Waals surface area contributed by atoms with Gasteiger partial charge in [0.2, 0.25) is 0 Å². The molecular weight excluding hydrogens is 408 g/mol. The van der Waals surface area contributed by atoms with Gasteiger partial charge >= 0.3 is 11.9 Å². The third kappa shape index (κ3) is 9.67. The van der Waals surface area contributed by atoms with Crippen LogP contribution in [0.15, 0.2) is 30.3 Å². The lowest BCUT2D eigenvalue weighted by atomic mass is 9.66. The van der Waals surface area contributed by atoms with E-state index in [1.807, 2.05) is 0 Å². The van der Waals surface area contributed by atoms with Gasteiger partial charge in [0.1, 0.15) is 0 Å². The van der Waals surface area contributed by atoms with E-state index >= 15 is 0 Å². The van der Waals surface area contributed by atoms with Crippen LogP contribution in [0.3, 0.4) is 0 Å². The first-order valence-corrected chi connectivity index (χ1v) is 11.7. The molecule has 0 spiro atoms. The van der Waals surface area contributed by atoms with Crippen molar-refractivity contribution in [2.45, 2.75) is 77.4 Å². The van der Waals surface area contributed by atoms with Crippen molar-refractivity contribution in [1.29, 1.82) is 0 Å². The summed E-state index contributed by atoms with van der Waals surface area (Å²) in [5.74, 6) is -3.65. The number of rotatable bonds is 10. The Hall–Kier alpha value is -1.96. The predicted molar refractivity (Wildman–Crippen MR) is 127 cm³/mol. The summed E-state index contributed by atoms with van der Waals surface area (Å²) in [4.78, 5) is 20.7. The molecule has 1 aromatic carbocycles. The standard InChI is InChI=1S/C23H40N2O.C2H2O4/c1-6-25(7-2)16-11-15-24-20(3)18-23(21-12-9-8-10-13-21)14-17-26-22(4,5)19-23;3-1(4)2(5)6/h8-10,12-13,20,24H,6-7,11,14-19H2,1-5H3;(H,3,4)(H,5,6). The van der Waals surface area contributed by atoms with Gasteiger partial charge in [-0.1, -0.05) is 44.2 Å². The second kappa shape index (κ2) is 13.6. The van der Waals surface area contributed by atoms with Crippen LogP contribution in [-0.2, 0) is 19.7 Å². The van der Waals surface area contributed by atoms with Gasteiger partial charge in [0.05, 0.1) is 5.60 Å². The van der Waals surface area contributed by atoms with Crippen LogP contribution in [0.4, 0.5) is 0 Å². The number of carboxylic acids is 2. The van der Waals surface area contributed by atoms with E-state index in [0.29, 0.717) is 6.04 Å². The van der Waals surface area contributed by atoms with E-state index in [2.05, 4.69) is 75.2 Å². The molecule has 32 heavy (non-hydrogen) atoms. The Morgan fingerprint density at radius 3 is 2.22 bits per heavy atom. The second-order valence-corrected chi connectivity index (χ2v) is 9.23. The molecular formula is C25H42N2O5. The number of hydrogen-bond acceptors (Lipinski definition) is 5. The molecule has 0 aliphatic carbocycles. The van der Waals surface area contributed by atoms with Crippen molar-refractivity contribution in [3.05, 3.63) is 35.9 Å². The number of nitrogens with zero attached hydrogens (tertiary/aromatic N) is 1. The molecule has 1 aliphatic heterocycles. The fourth-order valence-electron chi connectivity index (χ4n) is 4.66. The van der Waals surface area contributed by atoms with Gasteiger partial charge in [-0.05, 0) is 78.2 Å². The summed E-state index contributed by atoms with van der Waals surface area (Å²) in [6.07, 6.45) is 4.61. The number of nitrogens with one attached hydrogen (secondary N) is 1. The molecule has 0 aromatic heterocycles. The number of aliphatic carboxylic acids is 2. The van der Waals surface area contributed by atoms with E-state index in [-0.39, 0.29) is 11.0 Å². The molecule has 1 heterocycles. The van der Waals surface area contributed by atoms with Crippen molar-refractivity contribution >= 4 is 11.9 Å². The Morgan fingerprint density at radius 2 is 1.72 bits per heavy atom. The van der Waals surface area contributed by atoms with Gasteiger partial charge in [0, 0.05) is 18.1 Å². The van der Waals surface area contributed by atoms with Crippen LogP contribution >= 0.6 is 0 Å². The minimum atomic E-state index is -1.82. The van der Waals surface area contributed by atoms with Gasteiger partial charge in [-0.15, -0.1) is 0 Å². The summed E-state index contributed by atoms with van der Waals surface area (Å²) in [7, 11) is 0. The van der Waals surface area contributed by atoms with Gasteiger partial charge in [0.25, 0.3) is 0 Å². The first kappa shape index (κ1) is 28.1. The molecule has 7 heteroatoms. The first-order chi connectivity index (χ1) is 15.0. The predicted octanol–water partition coefficient (Wildman–Crippen LogP) is 3.77. The lowest BCUT2D eigenvalue weighted by Crippen LogP contribution is -2.47. The molecule has 182 valence electrons. The van der Waals surface area contributed by atoms with E-state index in [1.54, 1.807) is 0 Å². The zero-order chi connectivity index (χ0) is 24.2. The van der Waals surface area contributed by atoms with E-state index in [9.17, 15) is 0 Å². The largest absolute Gasteiger partial charge is 0.473 e. The smallest absolute Gasteiger partial charge is 0.414 e. The van der Waals surface area contributed by atoms with Crippen molar-refractivity contribution in [2.75, 3.05) is 32.8 Å². The van der Waals surface area contributed by atoms with E-state index in [4.69, 9.17) is 24.5 Å². The summed E-state index contributed by atoms with van der Waals surface area (Å²) in [5.41, 5.74) is 1.65. The highest BCUT2D eigenvalue weighted by Gasteiger charge is 2.42. The normalized spacial score (nSPS) is 20.8. The maximum atomic E-state index is 9.10. The molecule has 2 rings (SSSR count). The van der Waals surface area contributed by atoms with Crippen molar-refractivity contribution in [3.63, 3.8) is 0 Å².